The molecule has 1 aromatic carbocycles. The zero-order valence-electron chi connectivity index (χ0n) is 14.3. The predicted octanol–water partition coefficient (Wildman–Crippen LogP) is 4.00. The SMILES string of the molecule is CCNCc1cccc(NC(=O)Cc2nc(-c3cccs3)oc2C)c1. The molecule has 5 nitrogen and oxygen atoms in total. The number of carbonyl (C=O) groups is 1. The third-order valence-corrected chi connectivity index (χ3v) is 4.60. The van der Waals surface area contributed by atoms with E-state index in [1.807, 2.05) is 48.7 Å². The summed E-state index contributed by atoms with van der Waals surface area (Å²) >= 11 is 1.56. The van der Waals surface area contributed by atoms with Gasteiger partial charge in [0, 0.05) is 12.2 Å². The summed E-state index contributed by atoms with van der Waals surface area (Å²) in [6.07, 6.45) is 0.193. The van der Waals surface area contributed by atoms with Crippen molar-refractivity contribution in [3.8, 4) is 10.8 Å². The Morgan fingerprint density at radius 2 is 2.16 bits per heavy atom. The molecule has 0 unspecified atom stereocenters. The Morgan fingerprint density at radius 3 is 2.92 bits per heavy atom. The van der Waals surface area contributed by atoms with Gasteiger partial charge in [0.05, 0.1) is 17.0 Å². The molecule has 1 amide bonds. The zero-order chi connectivity index (χ0) is 17.6. The molecular formula is C19H21N3O2S. The third kappa shape index (κ3) is 4.55. The summed E-state index contributed by atoms with van der Waals surface area (Å²) in [6, 6.07) is 11.8. The van der Waals surface area contributed by atoms with E-state index >= 15 is 0 Å². The van der Waals surface area contributed by atoms with Gasteiger partial charge in [0.2, 0.25) is 11.8 Å². The van der Waals surface area contributed by atoms with Gasteiger partial charge in [-0.05, 0) is 42.6 Å². The highest BCUT2D eigenvalue weighted by Crippen LogP contribution is 2.26. The van der Waals surface area contributed by atoms with Crippen molar-refractivity contribution in [3.63, 3.8) is 0 Å². The van der Waals surface area contributed by atoms with Crippen LogP contribution in [-0.4, -0.2) is 17.4 Å². The molecule has 6 heteroatoms. The average Bonchev–Trinajstić information content (AvgIpc) is 3.24. The molecule has 0 aliphatic rings. The number of nitrogens with one attached hydrogen (secondary N) is 2. The van der Waals surface area contributed by atoms with Crippen LogP contribution in [-0.2, 0) is 17.8 Å². The second-order valence-corrected chi connectivity index (χ2v) is 6.65. The molecule has 130 valence electrons. The number of hydrogen-bond acceptors (Lipinski definition) is 5. The van der Waals surface area contributed by atoms with Gasteiger partial charge in [-0.1, -0.05) is 25.1 Å². The van der Waals surface area contributed by atoms with Gasteiger partial charge in [-0.3, -0.25) is 4.79 Å². The number of anilines is 1. The van der Waals surface area contributed by atoms with E-state index in [4.69, 9.17) is 4.42 Å². The van der Waals surface area contributed by atoms with Crippen molar-refractivity contribution in [2.24, 2.45) is 0 Å². The minimum Gasteiger partial charge on any atom is -0.440 e. The molecular weight excluding hydrogens is 334 g/mol. The Bertz CT molecular complexity index is 840. The highest BCUT2D eigenvalue weighted by Gasteiger charge is 2.15. The maximum atomic E-state index is 12.3. The van der Waals surface area contributed by atoms with Gasteiger partial charge < -0.3 is 15.1 Å². The molecule has 25 heavy (non-hydrogen) atoms. The number of carbonyl (C=O) groups excluding carboxylic acids is 1. The fraction of sp³-hybridized carbons (Fsp3) is 0.263. The van der Waals surface area contributed by atoms with Gasteiger partial charge in [0.1, 0.15) is 5.76 Å². The van der Waals surface area contributed by atoms with Crippen LogP contribution in [0.1, 0.15) is 23.9 Å². The Kier molecular flexibility index (Phi) is 5.63. The van der Waals surface area contributed by atoms with Crippen molar-refractivity contribution >= 4 is 22.9 Å². The Morgan fingerprint density at radius 1 is 1.28 bits per heavy atom. The molecule has 3 rings (SSSR count). The first-order valence-electron chi connectivity index (χ1n) is 8.25. The Hall–Kier alpha value is -2.44. The number of aromatic nitrogens is 1. The van der Waals surface area contributed by atoms with Crippen molar-refractivity contribution < 1.29 is 9.21 Å². The van der Waals surface area contributed by atoms with E-state index in [1.54, 1.807) is 11.3 Å². The first-order chi connectivity index (χ1) is 12.2. The molecule has 0 bridgehead atoms. The lowest BCUT2D eigenvalue weighted by atomic mass is 10.2. The number of aryl methyl sites for hydroxylation is 1. The van der Waals surface area contributed by atoms with E-state index < -0.39 is 0 Å². The lowest BCUT2D eigenvalue weighted by molar-refractivity contribution is -0.115. The highest BCUT2D eigenvalue weighted by molar-refractivity contribution is 7.13. The lowest BCUT2D eigenvalue weighted by Gasteiger charge is -2.07. The van der Waals surface area contributed by atoms with Crippen LogP contribution in [0.3, 0.4) is 0 Å². The van der Waals surface area contributed by atoms with Gasteiger partial charge >= 0.3 is 0 Å². The smallest absolute Gasteiger partial charge is 0.236 e. The molecule has 3 aromatic rings. The molecule has 0 radical (unpaired) electrons. The van der Waals surface area contributed by atoms with Crippen LogP contribution in [0.25, 0.3) is 10.8 Å². The predicted molar refractivity (Wildman–Crippen MR) is 101 cm³/mol. The van der Waals surface area contributed by atoms with E-state index in [-0.39, 0.29) is 12.3 Å². The molecule has 0 saturated heterocycles. The average molecular weight is 355 g/mol. The molecule has 2 aromatic heterocycles. The summed E-state index contributed by atoms with van der Waals surface area (Å²) in [5, 5.41) is 8.18. The summed E-state index contributed by atoms with van der Waals surface area (Å²) in [5.74, 6) is 1.15. The number of hydrogen-bond donors (Lipinski definition) is 2. The second-order valence-electron chi connectivity index (χ2n) is 5.70. The standard InChI is InChI=1S/C19H21N3O2S/c1-3-20-12-14-6-4-7-15(10-14)21-18(23)11-16-13(2)24-19(22-16)17-8-5-9-25-17/h4-10,20H,3,11-12H2,1-2H3,(H,21,23). The number of thiophene rings is 1. The van der Waals surface area contributed by atoms with Gasteiger partial charge in [-0.15, -0.1) is 11.3 Å². The number of amides is 1. The van der Waals surface area contributed by atoms with Crippen LogP contribution in [0.4, 0.5) is 5.69 Å². The summed E-state index contributed by atoms with van der Waals surface area (Å²) in [6.45, 7) is 5.60. The molecule has 0 saturated carbocycles. The van der Waals surface area contributed by atoms with Gasteiger partial charge in [-0.25, -0.2) is 4.98 Å². The minimum absolute atomic E-state index is 0.102. The van der Waals surface area contributed by atoms with Crippen molar-refractivity contribution in [2.45, 2.75) is 26.8 Å². The third-order valence-electron chi connectivity index (χ3n) is 3.74. The van der Waals surface area contributed by atoms with Crippen LogP contribution in [0.15, 0.2) is 46.2 Å². The highest BCUT2D eigenvalue weighted by atomic mass is 32.1. The zero-order valence-corrected chi connectivity index (χ0v) is 15.2. The normalized spacial score (nSPS) is 10.8. The van der Waals surface area contributed by atoms with E-state index in [1.165, 1.54) is 0 Å². The Labute approximate surface area is 151 Å². The molecule has 0 aliphatic heterocycles. The second kappa shape index (κ2) is 8.09. The van der Waals surface area contributed by atoms with Crippen molar-refractivity contribution in [2.75, 3.05) is 11.9 Å². The first-order valence-corrected chi connectivity index (χ1v) is 9.13. The van der Waals surface area contributed by atoms with Crippen LogP contribution >= 0.6 is 11.3 Å². The summed E-state index contributed by atoms with van der Waals surface area (Å²) in [7, 11) is 0. The number of benzene rings is 1. The van der Waals surface area contributed by atoms with Crippen LogP contribution in [0.2, 0.25) is 0 Å². The van der Waals surface area contributed by atoms with E-state index in [0.29, 0.717) is 17.3 Å². The summed E-state index contributed by atoms with van der Waals surface area (Å²) in [4.78, 5) is 17.8. The Balaban J connectivity index is 1.65. The molecule has 0 aliphatic carbocycles. The van der Waals surface area contributed by atoms with E-state index in [2.05, 4.69) is 22.5 Å². The first kappa shape index (κ1) is 17.4. The maximum Gasteiger partial charge on any atom is 0.236 e. The molecule has 2 heterocycles. The number of rotatable bonds is 7. The van der Waals surface area contributed by atoms with Crippen LogP contribution < -0.4 is 10.6 Å². The summed E-state index contributed by atoms with van der Waals surface area (Å²) in [5.41, 5.74) is 2.60. The number of oxazole rings is 1. The fourth-order valence-electron chi connectivity index (χ4n) is 2.48. The largest absolute Gasteiger partial charge is 0.440 e. The molecule has 0 atom stereocenters. The maximum absolute atomic E-state index is 12.3. The van der Waals surface area contributed by atoms with Gasteiger partial charge in [0.25, 0.3) is 0 Å². The lowest BCUT2D eigenvalue weighted by Crippen LogP contribution is -2.16. The molecule has 0 fully saturated rings. The van der Waals surface area contributed by atoms with Crippen molar-refractivity contribution in [1.29, 1.82) is 0 Å². The quantitative estimate of drug-likeness (QED) is 0.672. The monoisotopic (exact) mass is 355 g/mol. The van der Waals surface area contributed by atoms with Crippen molar-refractivity contribution in [3.05, 3.63) is 58.8 Å². The van der Waals surface area contributed by atoms with E-state index in [9.17, 15) is 4.79 Å². The number of nitrogens with zero attached hydrogens (tertiary/aromatic N) is 1. The van der Waals surface area contributed by atoms with Gasteiger partial charge in [-0.2, -0.15) is 0 Å². The van der Waals surface area contributed by atoms with Crippen molar-refractivity contribution in [1.82, 2.24) is 10.3 Å². The topological polar surface area (TPSA) is 67.2 Å². The minimum atomic E-state index is -0.102. The molecule has 0 spiro atoms. The van der Waals surface area contributed by atoms with Crippen LogP contribution in [0, 0.1) is 6.92 Å². The molecule has 2 N–H and O–H groups in total. The summed E-state index contributed by atoms with van der Waals surface area (Å²) < 4.78 is 5.68. The van der Waals surface area contributed by atoms with Crippen LogP contribution in [0.5, 0.6) is 0 Å². The van der Waals surface area contributed by atoms with Gasteiger partial charge in [0.15, 0.2) is 0 Å². The fourth-order valence-corrected chi connectivity index (χ4v) is 3.13. The van der Waals surface area contributed by atoms with E-state index in [0.717, 1.165) is 29.2 Å².